The molecule has 0 aliphatic carbocycles. The maximum absolute atomic E-state index is 13.0. The van der Waals surface area contributed by atoms with Crippen molar-refractivity contribution >= 4 is 5.91 Å². The Morgan fingerprint density at radius 2 is 1.79 bits per heavy atom. The van der Waals surface area contributed by atoms with Gasteiger partial charge in [-0.05, 0) is 56.2 Å². The molecule has 0 N–H and O–H groups in total. The van der Waals surface area contributed by atoms with Crippen molar-refractivity contribution in [2.45, 2.75) is 33.7 Å². The first kappa shape index (κ1) is 18.0. The second-order valence-corrected chi connectivity index (χ2v) is 7.42. The van der Waals surface area contributed by atoms with Crippen molar-refractivity contribution in [2.24, 2.45) is 0 Å². The quantitative estimate of drug-likeness (QED) is 0.688. The van der Waals surface area contributed by atoms with E-state index in [0.717, 1.165) is 28.9 Å². The van der Waals surface area contributed by atoms with E-state index < -0.39 is 0 Å². The summed E-state index contributed by atoms with van der Waals surface area (Å²) in [5.41, 5.74) is 7.39. The van der Waals surface area contributed by atoms with Crippen LogP contribution in [0.5, 0.6) is 0 Å². The van der Waals surface area contributed by atoms with Gasteiger partial charge in [-0.15, -0.1) is 0 Å². The molecule has 3 aromatic rings. The first-order chi connectivity index (χ1) is 13.5. The van der Waals surface area contributed by atoms with Crippen LogP contribution in [0.4, 0.5) is 0 Å². The van der Waals surface area contributed by atoms with Crippen LogP contribution in [-0.2, 0) is 13.0 Å². The minimum atomic E-state index is -0.00812. The molecule has 0 saturated heterocycles. The second-order valence-electron chi connectivity index (χ2n) is 7.42. The van der Waals surface area contributed by atoms with Gasteiger partial charge in [0.05, 0.1) is 30.2 Å². The van der Waals surface area contributed by atoms with Crippen molar-refractivity contribution in [3.8, 4) is 11.8 Å². The zero-order valence-corrected chi connectivity index (χ0v) is 16.4. The summed E-state index contributed by atoms with van der Waals surface area (Å²) in [5, 5.41) is 9.24. The molecule has 140 valence electrons. The number of nitrogens with zero attached hydrogens (tertiary/aromatic N) is 4. The van der Waals surface area contributed by atoms with Crippen LogP contribution in [-0.4, -0.2) is 26.9 Å². The van der Waals surface area contributed by atoms with Crippen LogP contribution in [0.2, 0.25) is 0 Å². The molecule has 2 aromatic carbocycles. The number of rotatable bonds is 2. The molecule has 4 rings (SSSR count). The summed E-state index contributed by atoms with van der Waals surface area (Å²) >= 11 is 0. The van der Waals surface area contributed by atoms with Crippen LogP contribution >= 0.6 is 0 Å². The van der Waals surface area contributed by atoms with E-state index in [2.05, 4.69) is 46.8 Å². The zero-order valence-electron chi connectivity index (χ0n) is 16.4. The number of carbonyl (C=O) groups excluding carboxylic acids is 1. The lowest BCUT2D eigenvalue weighted by Crippen LogP contribution is -2.36. The zero-order chi connectivity index (χ0) is 19.8. The molecule has 0 fully saturated rings. The van der Waals surface area contributed by atoms with Gasteiger partial charge in [0.2, 0.25) is 0 Å². The maximum Gasteiger partial charge on any atom is 0.254 e. The van der Waals surface area contributed by atoms with Gasteiger partial charge in [0.25, 0.3) is 5.91 Å². The molecule has 28 heavy (non-hydrogen) atoms. The highest BCUT2D eigenvalue weighted by Gasteiger charge is 2.26. The number of hydrogen-bond acceptors (Lipinski definition) is 3. The van der Waals surface area contributed by atoms with E-state index in [-0.39, 0.29) is 5.91 Å². The van der Waals surface area contributed by atoms with E-state index >= 15 is 0 Å². The second kappa shape index (κ2) is 6.97. The van der Waals surface area contributed by atoms with Gasteiger partial charge in [-0.3, -0.25) is 4.79 Å². The van der Waals surface area contributed by atoms with Crippen molar-refractivity contribution in [3.63, 3.8) is 0 Å². The SMILES string of the molecule is Cc1ccc(-n2cnc3c2CCN(C(=O)c2cc(C)c(C#N)c(C)c2)C3)cc1. The fourth-order valence-electron chi connectivity index (χ4n) is 3.86. The molecule has 0 radical (unpaired) electrons. The average molecular weight is 370 g/mol. The van der Waals surface area contributed by atoms with E-state index in [9.17, 15) is 10.1 Å². The van der Waals surface area contributed by atoms with Crippen LogP contribution in [0, 0.1) is 32.1 Å². The molecular weight excluding hydrogens is 348 g/mol. The Hall–Kier alpha value is -3.39. The topological polar surface area (TPSA) is 61.9 Å². The minimum absolute atomic E-state index is 0.00812. The lowest BCUT2D eigenvalue weighted by molar-refractivity contribution is 0.0731. The standard InChI is InChI=1S/C23H22N4O/c1-15-4-6-19(7-5-15)27-14-25-21-13-26(9-8-22(21)27)23(28)18-10-16(2)20(12-24)17(3)11-18/h4-7,10-11,14H,8-9,13H2,1-3H3. The predicted molar refractivity (Wildman–Crippen MR) is 107 cm³/mol. The Bertz CT molecular complexity index is 1080. The third kappa shape index (κ3) is 3.07. The van der Waals surface area contributed by atoms with Crippen molar-refractivity contribution in [1.29, 1.82) is 5.26 Å². The molecule has 1 aliphatic rings. The van der Waals surface area contributed by atoms with E-state index in [0.29, 0.717) is 24.2 Å². The normalized spacial score (nSPS) is 13.1. The lowest BCUT2D eigenvalue weighted by atomic mass is 9.99. The molecule has 1 amide bonds. The van der Waals surface area contributed by atoms with Crippen LogP contribution in [0.25, 0.3) is 5.69 Å². The third-order valence-electron chi connectivity index (χ3n) is 5.40. The summed E-state index contributed by atoms with van der Waals surface area (Å²) in [6, 6.07) is 14.2. The molecule has 0 bridgehead atoms. The number of imidazole rings is 1. The maximum atomic E-state index is 13.0. The molecular formula is C23H22N4O. The molecule has 0 saturated carbocycles. The number of aryl methyl sites for hydroxylation is 3. The van der Waals surface area contributed by atoms with Crippen LogP contribution in [0.15, 0.2) is 42.7 Å². The monoisotopic (exact) mass is 370 g/mol. The number of amides is 1. The number of aromatic nitrogens is 2. The van der Waals surface area contributed by atoms with E-state index in [4.69, 9.17) is 0 Å². The predicted octanol–water partition coefficient (Wildman–Crippen LogP) is 3.87. The number of benzene rings is 2. The lowest BCUT2D eigenvalue weighted by Gasteiger charge is -2.27. The van der Waals surface area contributed by atoms with Crippen LogP contribution in [0.1, 0.15) is 44.0 Å². The number of hydrogen-bond donors (Lipinski definition) is 0. The summed E-state index contributed by atoms with van der Waals surface area (Å²) in [4.78, 5) is 19.4. The molecule has 0 atom stereocenters. The van der Waals surface area contributed by atoms with E-state index in [1.165, 1.54) is 11.3 Å². The molecule has 2 heterocycles. The number of carbonyl (C=O) groups is 1. The Morgan fingerprint density at radius 3 is 2.43 bits per heavy atom. The fourth-order valence-corrected chi connectivity index (χ4v) is 3.86. The van der Waals surface area contributed by atoms with Crippen molar-refractivity contribution in [1.82, 2.24) is 14.5 Å². The van der Waals surface area contributed by atoms with Gasteiger partial charge < -0.3 is 9.47 Å². The summed E-state index contributed by atoms with van der Waals surface area (Å²) in [7, 11) is 0. The van der Waals surface area contributed by atoms with Gasteiger partial charge in [0.15, 0.2) is 0 Å². The fraction of sp³-hybridized carbons (Fsp3) is 0.261. The van der Waals surface area contributed by atoms with Gasteiger partial charge >= 0.3 is 0 Å². The first-order valence-electron chi connectivity index (χ1n) is 9.40. The summed E-state index contributed by atoms with van der Waals surface area (Å²) in [6.07, 6.45) is 2.61. The van der Waals surface area contributed by atoms with Crippen LogP contribution in [0.3, 0.4) is 0 Å². The number of fused-ring (bicyclic) bond motifs is 1. The number of nitriles is 1. The smallest absolute Gasteiger partial charge is 0.254 e. The summed E-state index contributed by atoms with van der Waals surface area (Å²) in [5.74, 6) is -0.00812. The highest BCUT2D eigenvalue weighted by atomic mass is 16.2. The van der Waals surface area contributed by atoms with Crippen molar-refractivity contribution in [3.05, 3.63) is 81.9 Å². The minimum Gasteiger partial charge on any atom is -0.332 e. The Kier molecular flexibility index (Phi) is 4.48. The van der Waals surface area contributed by atoms with Gasteiger partial charge in [-0.1, -0.05) is 17.7 Å². The van der Waals surface area contributed by atoms with Crippen LogP contribution < -0.4 is 0 Å². The first-order valence-corrected chi connectivity index (χ1v) is 9.40. The molecule has 0 unspecified atom stereocenters. The summed E-state index contributed by atoms with van der Waals surface area (Å²) in [6.45, 7) is 6.98. The van der Waals surface area contributed by atoms with Crippen molar-refractivity contribution < 1.29 is 4.79 Å². The highest BCUT2D eigenvalue weighted by molar-refractivity contribution is 5.95. The van der Waals surface area contributed by atoms with Crippen molar-refractivity contribution in [2.75, 3.05) is 6.54 Å². The summed E-state index contributed by atoms with van der Waals surface area (Å²) < 4.78 is 2.12. The average Bonchev–Trinajstić information content (AvgIpc) is 3.11. The van der Waals surface area contributed by atoms with Gasteiger partial charge in [0, 0.05) is 29.9 Å². The largest absolute Gasteiger partial charge is 0.332 e. The molecule has 5 nitrogen and oxygen atoms in total. The van der Waals surface area contributed by atoms with Gasteiger partial charge in [-0.2, -0.15) is 5.26 Å². The Balaban J connectivity index is 1.59. The van der Waals surface area contributed by atoms with Gasteiger partial charge in [-0.25, -0.2) is 4.98 Å². The molecule has 0 spiro atoms. The van der Waals surface area contributed by atoms with Gasteiger partial charge in [0.1, 0.15) is 0 Å². The Labute approximate surface area is 164 Å². The molecule has 1 aliphatic heterocycles. The van der Waals surface area contributed by atoms with E-state index in [1.54, 1.807) is 0 Å². The Morgan fingerprint density at radius 1 is 1.11 bits per heavy atom. The molecule has 1 aromatic heterocycles. The molecule has 5 heteroatoms. The van der Waals surface area contributed by atoms with E-state index in [1.807, 2.05) is 37.2 Å². The third-order valence-corrected chi connectivity index (χ3v) is 5.40. The highest BCUT2D eigenvalue weighted by Crippen LogP contribution is 2.24.